The first kappa shape index (κ1) is 27.8. The van der Waals surface area contributed by atoms with Crippen LogP contribution in [0.3, 0.4) is 0 Å². The monoisotopic (exact) mass is 472 g/mol. The summed E-state index contributed by atoms with van der Waals surface area (Å²) < 4.78 is 46.0. The zero-order valence-corrected chi connectivity index (χ0v) is 19.8. The summed E-state index contributed by atoms with van der Waals surface area (Å²) in [5.74, 6) is -2.91. The maximum Gasteiger partial charge on any atom is 0.435 e. The molecule has 0 N–H and O–H groups in total. The van der Waals surface area contributed by atoms with Crippen LogP contribution in [0, 0.1) is 0 Å². The summed E-state index contributed by atoms with van der Waals surface area (Å²) in [5.41, 5.74) is -2.89. The Labute approximate surface area is 191 Å². The first-order valence-corrected chi connectivity index (χ1v) is 10.2. The van der Waals surface area contributed by atoms with Crippen LogP contribution in [0.4, 0.5) is 18.4 Å². The first-order valence-electron chi connectivity index (χ1n) is 10.2. The Morgan fingerprint density at radius 1 is 0.848 bits per heavy atom. The highest BCUT2D eigenvalue weighted by atomic mass is 19.3. The second-order valence-corrected chi connectivity index (χ2v) is 8.87. The molecule has 0 aliphatic heterocycles. The second kappa shape index (κ2) is 10.6. The molecule has 9 nitrogen and oxygen atoms in total. The van der Waals surface area contributed by atoms with Gasteiger partial charge in [-0.2, -0.15) is 13.8 Å². The van der Waals surface area contributed by atoms with Gasteiger partial charge in [0.05, 0.1) is 6.61 Å². The van der Waals surface area contributed by atoms with Crippen molar-refractivity contribution >= 4 is 23.9 Å². The normalized spacial score (nSPS) is 11.9. The van der Waals surface area contributed by atoms with E-state index in [2.05, 4.69) is 0 Å². The Hall–Kier alpha value is -3.24. The molecule has 0 saturated carbocycles. The standard InChI is InChI=1S/C22H30F2N2O7/c1-8-31-16(27)14-25(18(29)32-20(2,3)4)26(19(30)33-21(5,6)7)22(23,24)17(28)15-12-10-9-11-13-15/h9-13H,8,14H2,1-7H3. The number of hydrogen-bond donors (Lipinski definition) is 0. The van der Waals surface area contributed by atoms with Crippen molar-refractivity contribution in [3.05, 3.63) is 35.9 Å². The van der Waals surface area contributed by atoms with Gasteiger partial charge >= 0.3 is 24.2 Å². The summed E-state index contributed by atoms with van der Waals surface area (Å²) in [4.78, 5) is 50.5. The molecule has 2 amide bonds. The molecule has 184 valence electrons. The molecular formula is C22H30F2N2O7. The van der Waals surface area contributed by atoms with Crippen molar-refractivity contribution < 1.29 is 42.2 Å². The highest BCUT2D eigenvalue weighted by Gasteiger charge is 2.55. The average Bonchev–Trinajstić information content (AvgIpc) is 2.64. The average molecular weight is 472 g/mol. The third-order valence-corrected chi connectivity index (χ3v) is 3.57. The van der Waals surface area contributed by atoms with Gasteiger partial charge < -0.3 is 14.2 Å². The van der Waals surface area contributed by atoms with Gasteiger partial charge in [0.15, 0.2) is 0 Å². The number of hydrogen-bond acceptors (Lipinski definition) is 7. The maximum atomic E-state index is 15.5. The summed E-state index contributed by atoms with van der Waals surface area (Å²) in [6.07, 6.45) is -3.23. The molecule has 33 heavy (non-hydrogen) atoms. The first-order chi connectivity index (χ1) is 15.0. The van der Waals surface area contributed by atoms with Crippen molar-refractivity contribution in [1.29, 1.82) is 0 Å². The van der Waals surface area contributed by atoms with E-state index >= 15 is 8.78 Å². The predicted molar refractivity (Wildman–Crippen MR) is 113 cm³/mol. The van der Waals surface area contributed by atoms with Crippen molar-refractivity contribution in [2.45, 2.75) is 65.7 Å². The van der Waals surface area contributed by atoms with Crippen LogP contribution in [0.2, 0.25) is 0 Å². The van der Waals surface area contributed by atoms with Gasteiger partial charge in [-0.15, -0.1) is 5.01 Å². The molecule has 1 rings (SSSR count). The van der Waals surface area contributed by atoms with Crippen LogP contribution in [0.5, 0.6) is 0 Å². The van der Waals surface area contributed by atoms with Crippen molar-refractivity contribution in [3.63, 3.8) is 0 Å². The quantitative estimate of drug-likeness (QED) is 0.199. The molecule has 1 aromatic carbocycles. The summed E-state index contributed by atoms with van der Waals surface area (Å²) in [6, 6.07) is 1.82. The largest absolute Gasteiger partial charge is 0.465 e. The maximum absolute atomic E-state index is 15.5. The molecule has 0 aliphatic rings. The Morgan fingerprint density at radius 2 is 1.33 bits per heavy atom. The number of carbonyl (C=O) groups is 4. The van der Waals surface area contributed by atoms with E-state index in [0.717, 1.165) is 12.1 Å². The van der Waals surface area contributed by atoms with Crippen LogP contribution < -0.4 is 0 Å². The van der Waals surface area contributed by atoms with Gasteiger partial charge in [-0.3, -0.25) is 9.59 Å². The molecule has 0 aromatic heterocycles. The van der Waals surface area contributed by atoms with Crippen molar-refractivity contribution in [3.8, 4) is 0 Å². The lowest BCUT2D eigenvalue weighted by Crippen LogP contribution is -2.63. The van der Waals surface area contributed by atoms with Crippen LogP contribution in [0.1, 0.15) is 58.8 Å². The van der Waals surface area contributed by atoms with Crippen LogP contribution in [0.25, 0.3) is 0 Å². The molecule has 0 radical (unpaired) electrons. The van der Waals surface area contributed by atoms with Crippen LogP contribution in [-0.2, 0) is 19.0 Å². The van der Waals surface area contributed by atoms with Gasteiger partial charge in [0, 0.05) is 5.56 Å². The van der Waals surface area contributed by atoms with Gasteiger partial charge in [0.1, 0.15) is 17.7 Å². The SMILES string of the molecule is CCOC(=O)CN(C(=O)OC(C)(C)C)N(C(=O)OC(C)(C)C)C(F)(F)C(=O)c1ccccc1. The summed E-state index contributed by atoms with van der Waals surface area (Å²) >= 11 is 0. The third kappa shape index (κ3) is 8.32. The van der Waals surface area contributed by atoms with E-state index in [9.17, 15) is 19.2 Å². The summed E-state index contributed by atoms with van der Waals surface area (Å²) in [6.45, 7) is 8.80. The minimum absolute atomic E-state index is 0.0121. The minimum atomic E-state index is -4.63. The van der Waals surface area contributed by atoms with Gasteiger partial charge in [-0.25, -0.2) is 9.59 Å². The van der Waals surface area contributed by atoms with E-state index in [-0.39, 0.29) is 11.6 Å². The number of benzene rings is 1. The van der Waals surface area contributed by atoms with Gasteiger partial charge in [0.2, 0.25) is 0 Å². The van der Waals surface area contributed by atoms with E-state index in [4.69, 9.17) is 14.2 Å². The third-order valence-electron chi connectivity index (χ3n) is 3.57. The number of halogens is 2. The fourth-order valence-electron chi connectivity index (χ4n) is 2.39. The van der Waals surface area contributed by atoms with Gasteiger partial charge in [-0.05, 0) is 48.5 Å². The van der Waals surface area contributed by atoms with Crippen LogP contribution in [-0.4, -0.2) is 64.4 Å². The Bertz CT molecular complexity index is 862. The number of nitrogens with zero attached hydrogens (tertiary/aromatic N) is 2. The Morgan fingerprint density at radius 3 is 1.79 bits per heavy atom. The lowest BCUT2D eigenvalue weighted by Gasteiger charge is -2.38. The number of ether oxygens (including phenoxy) is 3. The summed E-state index contributed by atoms with van der Waals surface area (Å²) in [5, 5.41) is -0.489. The van der Waals surface area contributed by atoms with E-state index in [0.29, 0.717) is 0 Å². The fourth-order valence-corrected chi connectivity index (χ4v) is 2.39. The zero-order chi connectivity index (χ0) is 25.6. The van der Waals surface area contributed by atoms with Crippen molar-refractivity contribution in [2.75, 3.05) is 13.2 Å². The zero-order valence-electron chi connectivity index (χ0n) is 19.8. The second-order valence-electron chi connectivity index (χ2n) is 8.87. The molecule has 11 heteroatoms. The number of ketones is 1. The number of esters is 1. The number of carbonyl (C=O) groups excluding carboxylic acids is 4. The Kier molecular flexibility index (Phi) is 8.91. The molecule has 0 saturated heterocycles. The highest BCUT2D eigenvalue weighted by molar-refractivity contribution is 6.02. The molecule has 0 atom stereocenters. The van der Waals surface area contributed by atoms with E-state index in [1.54, 1.807) is 0 Å². The summed E-state index contributed by atoms with van der Waals surface area (Å²) in [7, 11) is 0. The molecular weight excluding hydrogens is 442 g/mol. The number of rotatable bonds is 6. The van der Waals surface area contributed by atoms with E-state index in [1.807, 2.05) is 0 Å². The number of Topliss-reactive ketones (excluding diaryl/α,β-unsaturated/α-hetero) is 1. The molecule has 0 unspecified atom stereocenters. The predicted octanol–water partition coefficient (Wildman–Crippen LogP) is 4.41. The lowest BCUT2D eigenvalue weighted by atomic mass is 10.1. The molecule has 0 bridgehead atoms. The van der Waals surface area contributed by atoms with Gasteiger partial charge in [0.25, 0.3) is 5.78 Å². The lowest BCUT2D eigenvalue weighted by molar-refractivity contribution is -0.191. The highest BCUT2D eigenvalue weighted by Crippen LogP contribution is 2.30. The number of alkyl halides is 2. The van der Waals surface area contributed by atoms with Crippen molar-refractivity contribution in [1.82, 2.24) is 10.0 Å². The van der Waals surface area contributed by atoms with Crippen molar-refractivity contribution in [2.24, 2.45) is 0 Å². The topological polar surface area (TPSA) is 102 Å². The molecule has 0 fully saturated rings. The minimum Gasteiger partial charge on any atom is -0.465 e. The number of hydrazine groups is 1. The van der Waals surface area contributed by atoms with Gasteiger partial charge in [-0.1, -0.05) is 30.3 Å². The Balaban J connectivity index is 3.61. The smallest absolute Gasteiger partial charge is 0.435 e. The molecule has 0 heterocycles. The fraction of sp³-hybridized carbons (Fsp3) is 0.545. The van der Waals surface area contributed by atoms with Crippen LogP contribution >= 0.6 is 0 Å². The van der Waals surface area contributed by atoms with Crippen LogP contribution in [0.15, 0.2) is 30.3 Å². The van der Waals surface area contributed by atoms with E-state index in [1.165, 1.54) is 66.7 Å². The molecule has 0 aliphatic carbocycles. The molecule has 1 aromatic rings. The van der Waals surface area contributed by atoms with E-state index < -0.39 is 58.3 Å². The molecule has 0 spiro atoms. The number of amides is 2.